The van der Waals surface area contributed by atoms with Crippen LogP contribution in [0.4, 0.5) is 18.0 Å². The second-order valence-electron chi connectivity index (χ2n) is 7.79. The molecule has 37 heavy (non-hydrogen) atoms. The van der Waals surface area contributed by atoms with E-state index in [-0.39, 0.29) is 38.8 Å². The summed E-state index contributed by atoms with van der Waals surface area (Å²) in [5.41, 5.74) is -0.954. The zero-order valence-electron chi connectivity index (χ0n) is 19.5. The number of carbonyl (C=O) groups excluding carboxylic acids is 3. The first kappa shape index (κ1) is 27.9. The van der Waals surface area contributed by atoms with Crippen LogP contribution in [-0.2, 0) is 11.3 Å². The van der Waals surface area contributed by atoms with Gasteiger partial charge < -0.3 is 4.74 Å². The molecule has 0 N–H and O–H groups in total. The molecule has 0 aliphatic carbocycles. The molecule has 0 radical (unpaired) electrons. The van der Waals surface area contributed by atoms with Crippen molar-refractivity contribution in [3.63, 3.8) is 0 Å². The Balaban J connectivity index is 1.94. The quantitative estimate of drug-likeness (QED) is 0.245. The fourth-order valence-electron chi connectivity index (χ4n) is 3.44. The Morgan fingerprint density at radius 3 is 2.22 bits per heavy atom. The number of aromatic nitrogens is 1. The highest BCUT2D eigenvalue weighted by Crippen LogP contribution is 2.36. The van der Waals surface area contributed by atoms with Gasteiger partial charge in [0, 0.05) is 27.4 Å². The van der Waals surface area contributed by atoms with E-state index in [1.54, 1.807) is 18.2 Å². The number of halogens is 5. The first-order valence-corrected chi connectivity index (χ1v) is 11.4. The highest BCUT2D eigenvalue weighted by Gasteiger charge is 2.36. The van der Waals surface area contributed by atoms with Crippen LogP contribution in [0.25, 0.3) is 5.57 Å². The fraction of sp³-hybridized carbons (Fsp3) is 0.154. The highest BCUT2D eigenvalue weighted by atomic mass is 35.5. The number of nitrogens with zero attached hydrogens (tertiary/aromatic N) is 2. The molecule has 0 aliphatic rings. The Labute approximate surface area is 220 Å². The summed E-state index contributed by atoms with van der Waals surface area (Å²) < 4.78 is 46.0. The summed E-state index contributed by atoms with van der Waals surface area (Å²) in [5.74, 6) is -1.68. The van der Waals surface area contributed by atoms with Crippen LogP contribution >= 0.6 is 23.2 Å². The molecule has 0 aliphatic heterocycles. The molecule has 3 aromatic rings. The predicted octanol–water partition coefficient (Wildman–Crippen LogP) is 6.93. The largest absolute Gasteiger partial charge is 0.452 e. The number of aryl methyl sites for hydroxylation is 1. The van der Waals surface area contributed by atoms with Crippen LogP contribution in [0.15, 0.2) is 66.9 Å². The van der Waals surface area contributed by atoms with Crippen LogP contribution in [0, 0.1) is 6.92 Å². The maximum Gasteiger partial charge on any atom is 0.417 e. The normalized spacial score (nSPS) is 11.7. The molecule has 0 saturated carbocycles. The fourth-order valence-corrected chi connectivity index (χ4v) is 3.96. The molecule has 0 spiro atoms. The Bertz CT molecular complexity index is 1360. The second-order valence-corrected chi connectivity index (χ2v) is 8.66. The monoisotopic (exact) mass is 550 g/mol. The minimum atomic E-state index is -4.87. The van der Waals surface area contributed by atoms with E-state index in [9.17, 15) is 27.6 Å². The van der Waals surface area contributed by atoms with E-state index >= 15 is 0 Å². The van der Waals surface area contributed by atoms with Gasteiger partial charge in [-0.2, -0.15) is 13.2 Å². The SMILES string of the molecule is COC(=O)N(Cc1ccccn1)C(=O)c1ccc(C(=O)C=C(c2cc(Cl)cc(Cl)c2)C(F)(F)F)cc1C. The van der Waals surface area contributed by atoms with Gasteiger partial charge in [-0.15, -0.1) is 0 Å². The Kier molecular flexibility index (Phi) is 8.73. The number of hydrogen-bond donors (Lipinski definition) is 0. The van der Waals surface area contributed by atoms with E-state index in [0.717, 1.165) is 24.1 Å². The van der Waals surface area contributed by atoms with Crippen LogP contribution < -0.4 is 0 Å². The maximum atomic E-state index is 13.8. The van der Waals surface area contributed by atoms with Crippen molar-refractivity contribution in [2.75, 3.05) is 7.11 Å². The molecule has 0 fully saturated rings. The van der Waals surface area contributed by atoms with Gasteiger partial charge in [-0.3, -0.25) is 14.6 Å². The van der Waals surface area contributed by atoms with Crippen molar-refractivity contribution >= 4 is 46.6 Å². The lowest BCUT2D eigenvalue weighted by molar-refractivity contribution is -0.0689. The average molecular weight is 551 g/mol. The van der Waals surface area contributed by atoms with Gasteiger partial charge in [0.05, 0.1) is 24.9 Å². The summed E-state index contributed by atoms with van der Waals surface area (Å²) >= 11 is 11.7. The minimum Gasteiger partial charge on any atom is -0.452 e. The smallest absolute Gasteiger partial charge is 0.417 e. The van der Waals surface area contributed by atoms with Gasteiger partial charge in [0.2, 0.25) is 0 Å². The number of carbonyl (C=O) groups is 3. The van der Waals surface area contributed by atoms with E-state index < -0.39 is 29.5 Å². The summed E-state index contributed by atoms with van der Waals surface area (Å²) in [6.07, 6.45) is -3.85. The molecule has 0 bridgehead atoms. The lowest BCUT2D eigenvalue weighted by atomic mass is 9.98. The average Bonchev–Trinajstić information content (AvgIpc) is 2.84. The highest BCUT2D eigenvalue weighted by molar-refractivity contribution is 6.35. The van der Waals surface area contributed by atoms with Crippen LogP contribution in [0.2, 0.25) is 10.0 Å². The molecular formula is C26H19Cl2F3N2O4. The van der Waals surface area contributed by atoms with Crippen LogP contribution in [0.1, 0.15) is 37.5 Å². The van der Waals surface area contributed by atoms with Crippen LogP contribution in [0.5, 0.6) is 0 Å². The van der Waals surface area contributed by atoms with E-state index in [4.69, 9.17) is 27.9 Å². The Hall–Kier alpha value is -3.69. The number of alkyl halides is 3. The third-order valence-electron chi connectivity index (χ3n) is 5.18. The van der Waals surface area contributed by atoms with Crippen LogP contribution in [-0.4, -0.2) is 41.0 Å². The second kappa shape index (κ2) is 11.6. The van der Waals surface area contributed by atoms with Gasteiger partial charge in [0.25, 0.3) is 5.91 Å². The summed E-state index contributed by atoms with van der Waals surface area (Å²) in [4.78, 5) is 43.1. The van der Waals surface area contributed by atoms with Gasteiger partial charge in [-0.25, -0.2) is 9.69 Å². The number of allylic oxidation sites excluding steroid dienone is 2. The van der Waals surface area contributed by atoms with Gasteiger partial charge in [-0.05, 0) is 66.6 Å². The third kappa shape index (κ3) is 6.96. The standard InChI is InChI=1S/C26H19Cl2F3N2O4/c1-15-9-16(23(34)13-22(26(29,30)31)17-10-18(27)12-19(28)11-17)6-7-21(15)24(35)33(25(36)37-2)14-20-5-3-4-8-32-20/h3-13H,14H2,1-2H3. The van der Waals surface area contributed by atoms with Crippen molar-refractivity contribution in [2.45, 2.75) is 19.6 Å². The molecule has 2 aromatic carbocycles. The topological polar surface area (TPSA) is 76.6 Å². The van der Waals surface area contributed by atoms with Crippen molar-refractivity contribution in [1.82, 2.24) is 9.88 Å². The van der Waals surface area contributed by atoms with Crippen molar-refractivity contribution in [1.29, 1.82) is 0 Å². The van der Waals surface area contributed by atoms with Gasteiger partial charge in [0.15, 0.2) is 5.78 Å². The molecule has 1 aromatic heterocycles. The Morgan fingerprint density at radius 2 is 1.68 bits per heavy atom. The molecule has 192 valence electrons. The van der Waals surface area contributed by atoms with Crippen molar-refractivity contribution in [3.05, 3.63) is 105 Å². The van der Waals surface area contributed by atoms with Crippen molar-refractivity contribution in [2.24, 2.45) is 0 Å². The zero-order valence-corrected chi connectivity index (χ0v) is 21.0. The first-order valence-electron chi connectivity index (χ1n) is 10.6. The van der Waals surface area contributed by atoms with Crippen LogP contribution in [0.3, 0.4) is 0 Å². The number of pyridine rings is 1. The summed E-state index contributed by atoms with van der Waals surface area (Å²) in [6.45, 7) is 1.32. The van der Waals surface area contributed by atoms with E-state index in [0.29, 0.717) is 11.8 Å². The molecule has 1 heterocycles. The van der Waals surface area contributed by atoms with E-state index in [1.165, 1.54) is 37.4 Å². The number of ether oxygens (including phenoxy) is 1. The molecular weight excluding hydrogens is 532 g/mol. The molecule has 0 atom stereocenters. The number of hydrogen-bond acceptors (Lipinski definition) is 5. The summed E-state index contributed by atoms with van der Waals surface area (Å²) in [5, 5.41) is -0.0469. The van der Waals surface area contributed by atoms with Crippen molar-refractivity contribution in [3.8, 4) is 0 Å². The molecule has 0 unspecified atom stereocenters. The number of ketones is 1. The summed E-state index contributed by atoms with van der Waals surface area (Å²) in [6, 6.07) is 12.1. The number of imide groups is 1. The molecule has 11 heteroatoms. The van der Waals surface area contributed by atoms with E-state index in [2.05, 4.69) is 4.98 Å². The first-order chi connectivity index (χ1) is 17.4. The van der Waals surface area contributed by atoms with Crippen molar-refractivity contribution < 1.29 is 32.3 Å². The summed E-state index contributed by atoms with van der Waals surface area (Å²) in [7, 11) is 1.12. The van der Waals surface area contributed by atoms with E-state index in [1.807, 2.05) is 0 Å². The lowest BCUT2D eigenvalue weighted by Gasteiger charge is -2.20. The number of methoxy groups -OCH3 is 1. The third-order valence-corrected chi connectivity index (χ3v) is 5.62. The number of benzene rings is 2. The maximum absolute atomic E-state index is 13.8. The Morgan fingerprint density at radius 1 is 1.00 bits per heavy atom. The number of amides is 2. The molecule has 2 amide bonds. The molecule has 3 rings (SSSR count). The molecule has 0 saturated heterocycles. The predicted molar refractivity (Wildman–Crippen MR) is 133 cm³/mol. The molecule has 6 nitrogen and oxygen atoms in total. The van der Waals surface area contributed by atoms with Gasteiger partial charge in [-0.1, -0.05) is 35.3 Å². The zero-order chi connectivity index (χ0) is 27.3. The minimum absolute atomic E-state index is 0.0235. The lowest BCUT2D eigenvalue weighted by Crippen LogP contribution is -2.37. The van der Waals surface area contributed by atoms with Gasteiger partial charge >= 0.3 is 12.3 Å². The van der Waals surface area contributed by atoms with Gasteiger partial charge in [0.1, 0.15) is 0 Å². The number of rotatable bonds is 6.